The molecule has 32 heavy (non-hydrogen) atoms. The molecule has 1 saturated heterocycles. The lowest BCUT2D eigenvalue weighted by atomic mass is 9.86. The van der Waals surface area contributed by atoms with E-state index in [1.807, 2.05) is 20.8 Å². The smallest absolute Gasteiger partial charge is 0.410 e. The summed E-state index contributed by atoms with van der Waals surface area (Å²) in [6.07, 6.45) is 13.1. The Morgan fingerprint density at radius 1 is 1.09 bits per heavy atom. The number of amides is 2. The average Bonchev–Trinajstić information content (AvgIpc) is 2.74. The van der Waals surface area contributed by atoms with Crippen molar-refractivity contribution in [2.45, 2.75) is 122 Å². The van der Waals surface area contributed by atoms with Crippen LogP contribution >= 0.6 is 11.6 Å². The fourth-order valence-electron chi connectivity index (χ4n) is 4.22. The van der Waals surface area contributed by atoms with Gasteiger partial charge in [0.15, 0.2) is 0 Å². The van der Waals surface area contributed by atoms with Gasteiger partial charge in [0.25, 0.3) is 0 Å². The van der Waals surface area contributed by atoms with Crippen LogP contribution < -0.4 is 5.32 Å². The molecule has 6 nitrogen and oxygen atoms in total. The molecule has 0 bridgehead atoms. The van der Waals surface area contributed by atoms with Crippen LogP contribution in [0, 0.1) is 5.92 Å². The second-order valence-corrected chi connectivity index (χ2v) is 10.6. The van der Waals surface area contributed by atoms with Gasteiger partial charge in [0.1, 0.15) is 11.6 Å². The van der Waals surface area contributed by atoms with Crippen molar-refractivity contribution in [2.24, 2.45) is 5.92 Å². The number of likely N-dealkylation sites (tertiary alicyclic amines) is 1. The molecule has 1 heterocycles. The van der Waals surface area contributed by atoms with E-state index in [0.29, 0.717) is 18.9 Å². The van der Waals surface area contributed by atoms with Crippen molar-refractivity contribution in [3.05, 3.63) is 0 Å². The third-order valence-corrected chi connectivity index (χ3v) is 6.40. The SMILES string of the molecule is CCCCCCCCCCCC1CCN(C(=O)OC(C)(C)C)C(C(=O)NC[C@H](O)CCl)C1. The highest BCUT2D eigenvalue weighted by Crippen LogP contribution is 2.29. The van der Waals surface area contributed by atoms with Crippen LogP contribution in [0.15, 0.2) is 0 Å². The molecule has 1 fully saturated rings. The van der Waals surface area contributed by atoms with E-state index < -0.39 is 23.8 Å². The maximum absolute atomic E-state index is 12.9. The molecule has 0 aromatic carbocycles. The predicted molar refractivity (Wildman–Crippen MR) is 131 cm³/mol. The van der Waals surface area contributed by atoms with Crippen molar-refractivity contribution in [1.29, 1.82) is 0 Å². The van der Waals surface area contributed by atoms with Gasteiger partial charge in [-0.05, 0) is 39.5 Å². The molecule has 2 amide bonds. The Bertz CT molecular complexity index is 539. The standard InChI is InChI=1S/C25H47ClN2O4/c1-5-6-7-8-9-10-11-12-13-14-20-15-16-28(24(31)32-25(2,3)4)22(17-20)23(30)27-19-21(29)18-26/h20-22,29H,5-19H2,1-4H3,(H,27,30)/t20?,21-,22?/m1/s1. The number of rotatable bonds is 14. The van der Waals surface area contributed by atoms with Gasteiger partial charge in [0.2, 0.25) is 5.91 Å². The zero-order valence-corrected chi connectivity index (χ0v) is 21.6. The van der Waals surface area contributed by atoms with Gasteiger partial charge in [-0.1, -0.05) is 71.1 Å². The monoisotopic (exact) mass is 474 g/mol. The van der Waals surface area contributed by atoms with Gasteiger partial charge in [-0.2, -0.15) is 0 Å². The summed E-state index contributed by atoms with van der Waals surface area (Å²) < 4.78 is 5.54. The molecule has 3 atom stereocenters. The number of nitrogens with one attached hydrogen (secondary N) is 1. The van der Waals surface area contributed by atoms with Crippen molar-refractivity contribution in [3.8, 4) is 0 Å². The van der Waals surface area contributed by atoms with E-state index >= 15 is 0 Å². The van der Waals surface area contributed by atoms with E-state index in [9.17, 15) is 14.7 Å². The Morgan fingerprint density at radius 2 is 1.69 bits per heavy atom. The summed E-state index contributed by atoms with van der Waals surface area (Å²) >= 11 is 5.64. The number of hydrogen-bond acceptors (Lipinski definition) is 4. The summed E-state index contributed by atoms with van der Waals surface area (Å²) in [7, 11) is 0. The molecular weight excluding hydrogens is 428 g/mol. The Morgan fingerprint density at radius 3 is 2.25 bits per heavy atom. The number of ether oxygens (including phenoxy) is 1. The number of carbonyl (C=O) groups is 2. The maximum Gasteiger partial charge on any atom is 0.410 e. The summed E-state index contributed by atoms with van der Waals surface area (Å²) in [6.45, 7) is 8.33. The average molecular weight is 475 g/mol. The van der Waals surface area contributed by atoms with E-state index in [1.54, 1.807) is 4.90 Å². The molecule has 0 aromatic rings. The molecule has 2 N–H and O–H groups in total. The van der Waals surface area contributed by atoms with Crippen molar-refractivity contribution in [3.63, 3.8) is 0 Å². The first-order valence-electron chi connectivity index (χ1n) is 12.7. The van der Waals surface area contributed by atoms with E-state index in [4.69, 9.17) is 16.3 Å². The first-order chi connectivity index (χ1) is 15.2. The topological polar surface area (TPSA) is 78.9 Å². The van der Waals surface area contributed by atoms with E-state index in [2.05, 4.69) is 12.2 Å². The minimum atomic E-state index is -0.794. The lowest BCUT2D eigenvalue weighted by molar-refractivity contribution is -0.128. The van der Waals surface area contributed by atoms with Crippen LogP contribution in [-0.4, -0.2) is 58.7 Å². The minimum Gasteiger partial charge on any atom is -0.444 e. The summed E-state index contributed by atoms with van der Waals surface area (Å²) in [5, 5.41) is 12.4. The van der Waals surface area contributed by atoms with Crippen LogP contribution in [0.3, 0.4) is 0 Å². The molecule has 0 radical (unpaired) electrons. The summed E-state index contributed by atoms with van der Waals surface area (Å²) in [5.41, 5.74) is -0.611. The van der Waals surface area contributed by atoms with Crippen LogP contribution in [-0.2, 0) is 9.53 Å². The van der Waals surface area contributed by atoms with E-state index in [1.165, 1.54) is 57.8 Å². The zero-order chi connectivity index (χ0) is 24.0. The van der Waals surface area contributed by atoms with E-state index in [0.717, 1.165) is 12.8 Å². The highest BCUT2D eigenvalue weighted by atomic mass is 35.5. The van der Waals surface area contributed by atoms with Gasteiger partial charge >= 0.3 is 6.09 Å². The molecule has 0 aromatic heterocycles. The highest BCUT2D eigenvalue weighted by molar-refractivity contribution is 6.18. The fraction of sp³-hybridized carbons (Fsp3) is 0.920. The second kappa shape index (κ2) is 15.8. The van der Waals surface area contributed by atoms with Gasteiger partial charge < -0.3 is 15.2 Å². The Hall–Kier alpha value is -1.01. The normalized spacial score (nSPS) is 20.1. The third kappa shape index (κ3) is 12.3. The fourth-order valence-corrected chi connectivity index (χ4v) is 4.33. The van der Waals surface area contributed by atoms with Gasteiger partial charge in [0.05, 0.1) is 12.0 Å². The molecule has 0 saturated carbocycles. The number of alkyl halides is 1. The van der Waals surface area contributed by atoms with Gasteiger partial charge in [-0.3, -0.25) is 9.69 Å². The third-order valence-electron chi connectivity index (χ3n) is 6.05. The largest absolute Gasteiger partial charge is 0.444 e. The van der Waals surface area contributed by atoms with Crippen molar-refractivity contribution >= 4 is 23.6 Å². The number of unbranched alkanes of at least 4 members (excludes halogenated alkanes) is 8. The predicted octanol–water partition coefficient (Wildman–Crippen LogP) is 5.64. The second-order valence-electron chi connectivity index (χ2n) is 10.3. The quantitative estimate of drug-likeness (QED) is 0.252. The van der Waals surface area contributed by atoms with Crippen LogP contribution in [0.25, 0.3) is 0 Å². The minimum absolute atomic E-state index is 0.0575. The van der Waals surface area contributed by atoms with Crippen LogP contribution in [0.2, 0.25) is 0 Å². The molecule has 188 valence electrons. The Balaban J connectivity index is 2.51. The Labute approximate surface area is 200 Å². The van der Waals surface area contributed by atoms with Crippen LogP contribution in [0.1, 0.15) is 105 Å². The molecule has 1 aliphatic rings. The summed E-state index contributed by atoms with van der Waals surface area (Å²) in [4.78, 5) is 27.1. The molecule has 7 heteroatoms. The number of carbonyl (C=O) groups excluding carboxylic acids is 2. The van der Waals surface area contributed by atoms with E-state index in [-0.39, 0.29) is 18.3 Å². The maximum atomic E-state index is 12.9. The first kappa shape index (κ1) is 29.0. The number of aliphatic hydroxyl groups is 1. The lowest BCUT2D eigenvalue weighted by Gasteiger charge is -2.39. The molecular formula is C25H47ClN2O4. The van der Waals surface area contributed by atoms with Crippen molar-refractivity contribution < 1.29 is 19.4 Å². The molecule has 1 aliphatic heterocycles. The number of aliphatic hydroxyl groups excluding tert-OH is 1. The molecule has 2 unspecified atom stereocenters. The lowest BCUT2D eigenvalue weighted by Crippen LogP contribution is -2.55. The first-order valence-corrected chi connectivity index (χ1v) is 13.2. The molecule has 0 spiro atoms. The number of nitrogens with zero attached hydrogens (tertiary/aromatic N) is 1. The number of halogens is 1. The van der Waals surface area contributed by atoms with Gasteiger partial charge in [-0.15, -0.1) is 11.6 Å². The van der Waals surface area contributed by atoms with Gasteiger partial charge in [0, 0.05) is 13.1 Å². The highest BCUT2D eigenvalue weighted by Gasteiger charge is 2.38. The van der Waals surface area contributed by atoms with Crippen LogP contribution in [0.5, 0.6) is 0 Å². The zero-order valence-electron chi connectivity index (χ0n) is 20.8. The summed E-state index contributed by atoms with van der Waals surface area (Å²) in [5.74, 6) is 0.242. The summed E-state index contributed by atoms with van der Waals surface area (Å²) in [6, 6.07) is -0.565. The Kier molecular flexibility index (Phi) is 14.3. The van der Waals surface area contributed by atoms with Crippen molar-refractivity contribution in [2.75, 3.05) is 19.0 Å². The van der Waals surface area contributed by atoms with Gasteiger partial charge in [-0.25, -0.2) is 4.79 Å². The molecule has 1 rings (SSSR count). The molecule has 0 aliphatic carbocycles. The van der Waals surface area contributed by atoms with Crippen LogP contribution in [0.4, 0.5) is 4.79 Å². The van der Waals surface area contributed by atoms with Crippen molar-refractivity contribution in [1.82, 2.24) is 10.2 Å². The number of hydrogen-bond donors (Lipinski definition) is 2. The number of piperidine rings is 1.